The number of hydrogen-bond donors (Lipinski definition) is 0. The van der Waals surface area contributed by atoms with E-state index in [0.29, 0.717) is 5.52 Å². The van der Waals surface area contributed by atoms with E-state index >= 15 is 0 Å². The lowest BCUT2D eigenvalue weighted by Crippen LogP contribution is -2.22. The zero-order valence-corrected chi connectivity index (χ0v) is 12.0. The number of aromatic nitrogens is 5. The highest BCUT2D eigenvalue weighted by atomic mass is 16.1. The van der Waals surface area contributed by atoms with Crippen LogP contribution < -0.4 is 5.56 Å². The minimum atomic E-state index is -0.113. The quantitative estimate of drug-likeness (QED) is 0.677. The summed E-state index contributed by atoms with van der Waals surface area (Å²) in [6, 6.07) is 0. The fourth-order valence-electron chi connectivity index (χ4n) is 2.15. The van der Waals surface area contributed by atoms with Gasteiger partial charge >= 0.3 is 0 Å². The van der Waals surface area contributed by atoms with Crippen molar-refractivity contribution < 1.29 is 0 Å². The van der Waals surface area contributed by atoms with Crippen LogP contribution >= 0.6 is 0 Å². The Hall–Kier alpha value is -2.37. The van der Waals surface area contributed by atoms with Crippen molar-refractivity contribution in [2.45, 2.75) is 33.2 Å². The molecule has 3 aromatic rings. The highest BCUT2D eigenvalue weighted by Crippen LogP contribution is 2.15. The summed E-state index contributed by atoms with van der Waals surface area (Å²) in [6.07, 6.45) is 8.77. The summed E-state index contributed by atoms with van der Waals surface area (Å²) in [5, 5.41) is 8.47. The molecule has 3 aromatic heterocycles. The van der Waals surface area contributed by atoms with Gasteiger partial charge in [0.15, 0.2) is 0 Å². The molecule has 6 nitrogen and oxygen atoms in total. The van der Waals surface area contributed by atoms with E-state index in [1.807, 2.05) is 17.8 Å². The van der Waals surface area contributed by atoms with Crippen molar-refractivity contribution in [2.24, 2.45) is 0 Å². The van der Waals surface area contributed by atoms with E-state index < -0.39 is 0 Å². The third kappa shape index (κ3) is 1.84. The summed E-state index contributed by atoms with van der Waals surface area (Å²) >= 11 is 0. The highest BCUT2D eigenvalue weighted by molar-refractivity contribution is 5.52. The Morgan fingerprint density at radius 2 is 1.85 bits per heavy atom. The van der Waals surface area contributed by atoms with Crippen LogP contribution in [-0.2, 0) is 5.54 Å². The molecule has 0 aliphatic heterocycles. The monoisotopic (exact) mass is 271 g/mol. The molecule has 0 unspecified atom stereocenters. The largest absolute Gasteiger partial charge is 0.281 e. The summed E-state index contributed by atoms with van der Waals surface area (Å²) < 4.78 is 5.05. The number of nitrogens with zero attached hydrogens (tertiary/aromatic N) is 5. The van der Waals surface area contributed by atoms with Crippen molar-refractivity contribution >= 4 is 5.52 Å². The van der Waals surface area contributed by atoms with Gasteiger partial charge in [0, 0.05) is 24.2 Å². The number of hydrogen-bond acceptors (Lipinski definition) is 3. The molecular formula is C14H17N5O. The predicted molar refractivity (Wildman–Crippen MR) is 76.3 cm³/mol. The van der Waals surface area contributed by atoms with Gasteiger partial charge in [-0.3, -0.25) is 14.0 Å². The molecule has 0 aliphatic rings. The lowest BCUT2D eigenvalue weighted by atomic mass is 10.1. The van der Waals surface area contributed by atoms with Gasteiger partial charge in [0.2, 0.25) is 0 Å². The van der Waals surface area contributed by atoms with Gasteiger partial charge in [-0.2, -0.15) is 10.2 Å². The second-order valence-corrected chi connectivity index (χ2v) is 5.91. The van der Waals surface area contributed by atoms with Gasteiger partial charge in [-0.25, -0.2) is 4.52 Å². The maximum atomic E-state index is 12.5. The molecule has 3 rings (SSSR count). The predicted octanol–water partition coefficient (Wildman–Crippen LogP) is 1.75. The zero-order valence-electron chi connectivity index (χ0n) is 12.0. The van der Waals surface area contributed by atoms with Crippen LogP contribution in [0.3, 0.4) is 0 Å². The first-order valence-electron chi connectivity index (χ1n) is 6.49. The van der Waals surface area contributed by atoms with Crippen LogP contribution in [0, 0.1) is 6.92 Å². The Balaban J connectivity index is 2.20. The van der Waals surface area contributed by atoms with Gasteiger partial charge in [0.25, 0.3) is 5.56 Å². The average Bonchev–Trinajstić information content (AvgIpc) is 2.96. The topological polar surface area (TPSA) is 57.1 Å². The summed E-state index contributed by atoms with van der Waals surface area (Å²) in [5.74, 6) is 0. The van der Waals surface area contributed by atoms with Gasteiger partial charge in [0.1, 0.15) is 5.52 Å². The van der Waals surface area contributed by atoms with Crippen molar-refractivity contribution in [3.8, 4) is 5.69 Å². The molecule has 104 valence electrons. The fraction of sp³-hybridized carbons (Fsp3) is 0.357. The van der Waals surface area contributed by atoms with E-state index in [4.69, 9.17) is 0 Å². The molecule has 0 aliphatic carbocycles. The van der Waals surface area contributed by atoms with E-state index in [0.717, 1.165) is 11.3 Å². The molecule has 3 heterocycles. The summed E-state index contributed by atoms with van der Waals surface area (Å²) in [6.45, 7) is 8.08. The number of rotatable bonds is 1. The molecule has 0 saturated carbocycles. The summed E-state index contributed by atoms with van der Waals surface area (Å²) in [4.78, 5) is 12.5. The van der Waals surface area contributed by atoms with Crippen LogP contribution in [0.2, 0.25) is 0 Å². The van der Waals surface area contributed by atoms with Crippen LogP contribution in [-0.4, -0.2) is 24.0 Å². The molecule has 0 bridgehead atoms. The Morgan fingerprint density at radius 1 is 1.10 bits per heavy atom. The van der Waals surface area contributed by atoms with Crippen LogP contribution in [0.4, 0.5) is 0 Å². The molecule has 0 N–H and O–H groups in total. The average molecular weight is 271 g/mol. The van der Waals surface area contributed by atoms with E-state index in [2.05, 4.69) is 31.0 Å². The standard InChI is InChI=1S/C14H17N5O/c1-10-7-15-18-6-5-17(13(20)12(10)18)11-8-16-19(9-11)14(2,3)4/h5-9H,1-4H3. The molecule has 0 fully saturated rings. The van der Waals surface area contributed by atoms with Crippen LogP contribution in [0.25, 0.3) is 11.2 Å². The number of fused-ring (bicyclic) bond motifs is 1. The minimum absolute atomic E-state index is 0.0871. The summed E-state index contributed by atoms with van der Waals surface area (Å²) in [7, 11) is 0. The maximum Gasteiger partial charge on any atom is 0.281 e. The van der Waals surface area contributed by atoms with Crippen molar-refractivity contribution in [3.05, 3.63) is 46.9 Å². The fourth-order valence-corrected chi connectivity index (χ4v) is 2.15. The van der Waals surface area contributed by atoms with E-state index in [1.165, 1.54) is 0 Å². The molecule has 0 saturated heterocycles. The molecule has 20 heavy (non-hydrogen) atoms. The molecule has 0 atom stereocenters. The van der Waals surface area contributed by atoms with Gasteiger partial charge in [-0.05, 0) is 27.7 Å². The first-order valence-corrected chi connectivity index (χ1v) is 6.49. The van der Waals surface area contributed by atoms with Gasteiger partial charge in [-0.1, -0.05) is 0 Å². The highest BCUT2D eigenvalue weighted by Gasteiger charge is 2.16. The van der Waals surface area contributed by atoms with Crippen molar-refractivity contribution in [1.82, 2.24) is 24.0 Å². The van der Waals surface area contributed by atoms with Crippen molar-refractivity contribution in [3.63, 3.8) is 0 Å². The van der Waals surface area contributed by atoms with E-state index in [1.54, 1.807) is 33.9 Å². The third-order valence-corrected chi connectivity index (χ3v) is 3.29. The zero-order chi connectivity index (χ0) is 14.5. The summed E-state index contributed by atoms with van der Waals surface area (Å²) in [5.41, 5.74) is 2.02. The maximum absolute atomic E-state index is 12.5. The van der Waals surface area contributed by atoms with Gasteiger partial charge < -0.3 is 0 Å². The van der Waals surface area contributed by atoms with Crippen LogP contribution in [0.1, 0.15) is 26.3 Å². The normalized spacial score (nSPS) is 12.2. The number of aryl methyl sites for hydroxylation is 1. The van der Waals surface area contributed by atoms with Gasteiger partial charge in [-0.15, -0.1) is 0 Å². The van der Waals surface area contributed by atoms with Crippen LogP contribution in [0.5, 0.6) is 0 Å². The van der Waals surface area contributed by atoms with E-state index in [-0.39, 0.29) is 11.1 Å². The Morgan fingerprint density at radius 3 is 2.50 bits per heavy atom. The molecule has 0 radical (unpaired) electrons. The van der Waals surface area contributed by atoms with Crippen molar-refractivity contribution in [2.75, 3.05) is 0 Å². The molecule has 0 spiro atoms. The Kier molecular flexibility index (Phi) is 2.57. The SMILES string of the molecule is Cc1cnn2ccn(-c3cnn(C(C)(C)C)c3)c(=O)c12. The minimum Gasteiger partial charge on any atom is -0.278 e. The Labute approximate surface area is 116 Å². The van der Waals surface area contributed by atoms with Gasteiger partial charge in [0.05, 0.1) is 23.6 Å². The van der Waals surface area contributed by atoms with E-state index in [9.17, 15) is 4.79 Å². The molecule has 0 amide bonds. The van der Waals surface area contributed by atoms with Crippen molar-refractivity contribution in [1.29, 1.82) is 0 Å². The second-order valence-electron chi connectivity index (χ2n) is 5.91. The molecular weight excluding hydrogens is 254 g/mol. The molecule has 6 heteroatoms. The first-order chi connectivity index (χ1) is 9.38. The second kappa shape index (κ2) is 4.06. The first kappa shape index (κ1) is 12.7. The molecule has 0 aromatic carbocycles. The van der Waals surface area contributed by atoms with Crippen LogP contribution in [0.15, 0.2) is 35.8 Å². The third-order valence-electron chi connectivity index (χ3n) is 3.29. The lowest BCUT2D eigenvalue weighted by Gasteiger charge is -2.18. The smallest absolute Gasteiger partial charge is 0.278 e. The Bertz CT molecular complexity index is 831. The lowest BCUT2D eigenvalue weighted by molar-refractivity contribution is 0.355.